The Balaban J connectivity index is 1.51. The Bertz CT molecular complexity index is 982. The van der Waals surface area contributed by atoms with Gasteiger partial charge in [-0.15, -0.1) is 0 Å². The van der Waals surface area contributed by atoms with Crippen molar-refractivity contribution in [1.82, 2.24) is 15.6 Å². The summed E-state index contributed by atoms with van der Waals surface area (Å²) in [5.41, 5.74) is 3.05. The van der Waals surface area contributed by atoms with E-state index >= 15 is 0 Å². The van der Waals surface area contributed by atoms with Gasteiger partial charge in [0.15, 0.2) is 0 Å². The molecule has 0 aliphatic heterocycles. The molecule has 2 aromatic rings. The van der Waals surface area contributed by atoms with Crippen molar-refractivity contribution in [2.24, 2.45) is 0 Å². The lowest BCUT2D eigenvalue weighted by Gasteiger charge is -2.27. The summed E-state index contributed by atoms with van der Waals surface area (Å²) in [4.78, 5) is 28.2. The van der Waals surface area contributed by atoms with Gasteiger partial charge in [0.25, 0.3) is 11.5 Å². The number of methoxy groups -OCH3 is 1. The van der Waals surface area contributed by atoms with Gasteiger partial charge in [0.1, 0.15) is 11.3 Å². The van der Waals surface area contributed by atoms with Crippen LogP contribution in [-0.4, -0.2) is 24.0 Å². The van der Waals surface area contributed by atoms with Gasteiger partial charge in [-0.3, -0.25) is 9.59 Å². The van der Waals surface area contributed by atoms with Gasteiger partial charge in [-0.1, -0.05) is 18.9 Å². The second-order valence-corrected chi connectivity index (χ2v) is 9.05. The number of aromatic amines is 1. The number of carbonyl (C=O) groups is 1. The average Bonchev–Trinajstić information content (AvgIpc) is 3.24. The average molecular weight is 474 g/mol. The highest BCUT2D eigenvalue weighted by atomic mass is 79.9. The van der Waals surface area contributed by atoms with E-state index < -0.39 is 0 Å². The maximum absolute atomic E-state index is 12.7. The van der Waals surface area contributed by atoms with E-state index in [1.807, 2.05) is 18.2 Å². The van der Waals surface area contributed by atoms with E-state index in [0.717, 1.165) is 72.0 Å². The fraction of sp³-hybridized carbons (Fsp3) is 0.478. The molecule has 1 amide bonds. The molecule has 1 saturated carbocycles. The molecule has 2 aliphatic rings. The van der Waals surface area contributed by atoms with Gasteiger partial charge < -0.3 is 20.4 Å². The molecule has 0 spiro atoms. The number of hydrogen-bond acceptors (Lipinski definition) is 4. The van der Waals surface area contributed by atoms with Crippen LogP contribution in [-0.2, 0) is 13.0 Å². The van der Waals surface area contributed by atoms with Crippen molar-refractivity contribution in [2.45, 2.75) is 63.6 Å². The molecule has 1 heterocycles. The van der Waals surface area contributed by atoms with E-state index in [2.05, 4.69) is 31.5 Å². The fourth-order valence-corrected chi connectivity index (χ4v) is 5.10. The van der Waals surface area contributed by atoms with E-state index in [4.69, 9.17) is 4.74 Å². The first kappa shape index (κ1) is 21.1. The number of fused-ring (bicyclic) bond motifs is 1. The number of H-pyrrole nitrogens is 1. The second-order valence-electron chi connectivity index (χ2n) is 8.20. The topological polar surface area (TPSA) is 83.2 Å². The lowest BCUT2D eigenvalue weighted by molar-refractivity contribution is 0.0936. The van der Waals surface area contributed by atoms with Crippen molar-refractivity contribution in [2.75, 3.05) is 7.11 Å². The van der Waals surface area contributed by atoms with Crippen molar-refractivity contribution in [3.05, 3.63) is 61.5 Å². The van der Waals surface area contributed by atoms with Gasteiger partial charge in [0.2, 0.25) is 0 Å². The summed E-state index contributed by atoms with van der Waals surface area (Å²) in [6.45, 7) is 0.690. The van der Waals surface area contributed by atoms with Gasteiger partial charge in [0, 0.05) is 24.3 Å². The minimum Gasteiger partial charge on any atom is -0.496 e. The first-order valence-corrected chi connectivity index (χ1v) is 11.5. The third-order valence-electron chi connectivity index (χ3n) is 6.16. The number of amides is 1. The van der Waals surface area contributed by atoms with Crippen molar-refractivity contribution in [1.29, 1.82) is 0 Å². The Morgan fingerprint density at radius 1 is 1.20 bits per heavy atom. The zero-order valence-corrected chi connectivity index (χ0v) is 18.8. The monoisotopic (exact) mass is 473 g/mol. The summed E-state index contributed by atoms with van der Waals surface area (Å²) in [6, 6.07) is 8.12. The van der Waals surface area contributed by atoms with Crippen LogP contribution < -0.4 is 20.9 Å². The van der Waals surface area contributed by atoms with Gasteiger partial charge in [-0.25, -0.2) is 0 Å². The summed E-state index contributed by atoms with van der Waals surface area (Å²) in [5, 5.41) is 6.64. The normalized spacial score (nSPS) is 18.8. The molecule has 1 unspecified atom stereocenters. The molecule has 6 nitrogen and oxygen atoms in total. The number of aromatic nitrogens is 1. The number of pyridine rings is 1. The number of halogens is 1. The minimum atomic E-state index is -0.288. The Morgan fingerprint density at radius 2 is 2.00 bits per heavy atom. The first-order chi connectivity index (χ1) is 14.5. The lowest BCUT2D eigenvalue weighted by Crippen LogP contribution is -2.37. The summed E-state index contributed by atoms with van der Waals surface area (Å²) >= 11 is 3.53. The van der Waals surface area contributed by atoms with Crippen LogP contribution >= 0.6 is 15.9 Å². The van der Waals surface area contributed by atoms with Gasteiger partial charge >= 0.3 is 0 Å². The molecule has 1 aromatic heterocycles. The zero-order chi connectivity index (χ0) is 21.1. The van der Waals surface area contributed by atoms with E-state index in [1.54, 1.807) is 13.2 Å². The molecule has 0 saturated heterocycles. The SMILES string of the molecule is COc1ccc(CNC2CCCc3[nH]c(=O)c(C(=O)NC4CCCC4)cc32)cc1Br. The molecular weight excluding hydrogens is 446 g/mol. The molecule has 0 radical (unpaired) electrons. The predicted octanol–water partition coefficient (Wildman–Crippen LogP) is 3.99. The smallest absolute Gasteiger partial charge is 0.261 e. The fourth-order valence-electron chi connectivity index (χ4n) is 4.52. The lowest BCUT2D eigenvalue weighted by atomic mass is 9.90. The number of benzene rings is 1. The molecule has 1 atom stereocenters. The quantitative estimate of drug-likeness (QED) is 0.592. The maximum Gasteiger partial charge on any atom is 0.261 e. The molecule has 160 valence electrons. The molecule has 4 rings (SSSR count). The highest BCUT2D eigenvalue weighted by molar-refractivity contribution is 9.10. The number of nitrogens with one attached hydrogen (secondary N) is 3. The van der Waals surface area contributed by atoms with Crippen molar-refractivity contribution in [3.8, 4) is 5.75 Å². The molecule has 2 aliphatic carbocycles. The Kier molecular flexibility index (Phi) is 6.58. The van der Waals surface area contributed by atoms with Crippen molar-refractivity contribution >= 4 is 21.8 Å². The van der Waals surface area contributed by atoms with Crippen LogP contribution in [0, 0.1) is 0 Å². The standard InChI is InChI=1S/C23H28BrN3O3/c1-30-21-10-9-14(11-18(21)24)13-25-19-7-4-8-20-16(19)12-17(23(29)27-20)22(28)26-15-5-2-3-6-15/h9-12,15,19,25H,2-8,13H2,1H3,(H,26,28)(H,27,29). The maximum atomic E-state index is 12.7. The van der Waals surface area contributed by atoms with E-state index in [1.165, 1.54) is 0 Å². The van der Waals surface area contributed by atoms with Crippen molar-refractivity contribution in [3.63, 3.8) is 0 Å². The summed E-state index contributed by atoms with van der Waals surface area (Å²) in [6.07, 6.45) is 7.08. The van der Waals surface area contributed by atoms with E-state index in [0.29, 0.717) is 6.54 Å². The van der Waals surface area contributed by atoms with Crippen molar-refractivity contribution < 1.29 is 9.53 Å². The summed E-state index contributed by atoms with van der Waals surface area (Å²) < 4.78 is 6.22. The van der Waals surface area contributed by atoms with E-state index in [-0.39, 0.29) is 29.1 Å². The van der Waals surface area contributed by atoms with Crippen LogP contribution in [0.5, 0.6) is 5.75 Å². The molecule has 3 N–H and O–H groups in total. The second kappa shape index (κ2) is 9.35. The number of ether oxygens (including phenoxy) is 1. The predicted molar refractivity (Wildman–Crippen MR) is 120 cm³/mol. The molecular formula is C23H28BrN3O3. The number of aryl methyl sites for hydroxylation is 1. The highest BCUT2D eigenvalue weighted by Gasteiger charge is 2.25. The number of rotatable bonds is 6. The third kappa shape index (κ3) is 4.62. The minimum absolute atomic E-state index is 0.101. The summed E-state index contributed by atoms with van der Waals surface area (Å²) in [7, 11) is 1.65. The van der Waals surface area contributed by atoms with Crippen LogP contribution in [0.25, 0.3) is 0 Å². The molecule has 7 heteroatoms. The van der Waals surface area contributed by atoms with Gasteiger partial charge in [-0.2, -0.15) is 0 Å². The summed E-state index contributed by atoms with van der Waals surface area (Å²) in [5.74, 6) is 0.548. The Labute approximate surface area is 184 Å². The van der Waals surface area contributed by atoms with Crippen LogP contribution in [0.4, 0.5) is 0 Å². The van der Waals surface area contributed by atoms with Gasteiger partial charge in [0.05, 0.1) is 11.6 Å². The molecule has 1 fully saturated rings. The molecule has 1 aromatic carbocycles. The van der Waals surface area contributed by atoms with Crippen LogP contribution in [0.2, 0.25) is 0 Å². The largest absolute Gasteiger partial charge is 0.496 e. The number of carbonyl (C=O) groups excluding carboxylic acids is 1. The van der Waals surface area contributed by atoms with Crippen LogP contribution in [0.3, 0.4) is 0 Å². The van der Waals surface area contributed by atoms with Crippen LogP contribution in [0.1, 0.15) is 71.7 Å². The van der Waals surface area contributed by atoms with Crippen LogP contribution in [0.15, 0.2) is 33.5 Å². The zero-order valence-electron chi connectivity index (χ0n) is 17.2. The van der Waals surface area contributed by atoms with Gasteiger partial charge in [-0.05, 0) is 77.4 Å². The Morgan fingerprint density at radius 3 is 2.73 bits per heavy atom. The highest BCUT2D eigenvalue weighted by Crippen LogP contribution is 2.30. The molecule has 30 heavy (non-hydrogen) atoms. The number of hydrogen-bond donors (Lipinski definition) is 3. The first-order valence-electron chi connectivity index (χ1n) is 10.7. The third-order valence-corrected chi connectivity index (χ3v) is 6.78. The van der Waals surface area contributed by atoms with E-state index in [9.17, 15) is 9.59 Å². The molecule has 0 bridgehead atoms. The Hall–Kier alpha value is -2.12.